The summed E-state index contributed by atoms with van der Waals surface area (Å²) in [5.74, 6) is 2.06. The minimum atomic E-state index is -1.73. The number of nitrogens with zero attached hydrogens (tertiary/aromatic N) is 4. The summed E-state index contributed by atoms with van der Waals surface area (Å²) in [5, 5.41) is 22.4. The number of Topliss-reactive ketones (excluding diaryl/α,β-unsaturated/α-hetero) is 1. The van der Waals surface area contributed by atoms with Gasteiger partial charge in [-0.05, 0) is 117 Å². The fourth-order valence-corrected chi connectivity index (χ4v) is 8.65. The number of aliphatic hydroxyl groups is 1. The standard InChI is InChI=1S/C25H40N4O3.CH4/c1-16-26-27-28-29(16)14-22(30)21-8-7-19-18-6-5-17-13-23(2,31)11-12-25(17,15-32-4)20(18)9-10-24(19,21)3;/h17-21,31H,5-15H2,1-4H3;1H4/t17-,18+,19+,20+,21-,23-,24+,25-;/m1./s1/i15D2;. The van der Waals surface area contributed by atoms with Gasteiger partial charge in [-0.2, -0.15) is 0 Å². The summed E-state index contributed by atoms with van der Waals surface area (Å²) in [7, 11) is 1.50. The molecular weight excluding hydrogens is 416 g/mol. The normalized spacial score (nSPS) is 45.7. The number of carbonyl (C=O) groups is 1. The minimum Gasteiger partial charge on any atom is -0.390 e. The second-order valence-electron chi connectivity index (χ2n) is 11.7. The van der Waals surface area contributed by atoms with E-state index < -0.39 is 17.6 Å². The fourth-order valence-electron chi connectivity index (χ4n) is 8.65. The molecule has 186 valence electrons. The average molecular weight is 463 g/mol. The van der Waals surface area contributed by atoms with Gasteiger partial charge in [-0.25, -0.2) is 4.68 Å². The molecule has 4 aliphatic rings. The zero-order chi connectivity index (χ0) is 24.5. The third-order valence-corrected chi connectivity index (χ3v) is 10.1. The first kappa shape index (κ1) is 22.1. The van der Waals surface area contributed by atoms with E-state index in [0.717, 1.165) is 38.5 Å². The SMILES string of the molecule is C.[2H]C([2H])(OC)[C@]12CC[C@@](C)(O)C[C@H]1CC[C@H]1[C@@H]3CC[C@H](C(=O)Cn4nnnc4C)[C@@]3(C)CC[C@@H]12. The van der Waals surface area contributed by atoms with Crippen LogP contribution in [0.4, 0.5) is 0 Å². The van der Waals surface area contributed by atoms with Crippen LogP contribution in [0.5, 0.6) is 0 Å². The lowest BCUT2D eigenvalue weighted by atomic mass is 9.43. The molecule has 0 radical (unpaired) electrons. The Hall–Kier alpha value is -1.34. The van der Waals surface area contributed by atoms with E-state index in [9.17, 15) is 9.90 Å². The number of aryl methyl sites for hydroxylation is 1. The van der Waals surface area contributed by atoms with Gasteiger partial charge in [0.05, 0.1) is 14.9 Å². The lowest BCUT2D eigenvalue weighted by molar-refractivity contribution is -0.175. The predicted molar refractivity (Wildman–Crippen MR) is 126 cm³/mol. The molecule has 1 heterocycles. The van der Waals surface area contributed by atoms with Gasteiger partial charge in [-0.15, -0.1) is 5.10 Å². The van der Waals surface area contributed by atoms with Crippen LogP contribution in [0.25, 0.3) is 0 Å². The van der Waals surface area contributed by atoms with Crippen LogP contribution >= 0.6 is 0 Å². The van der Waals surface area contributed by atoms with Gasteiger partial charge in [0.2, 0.25) is 0 Å². The van der Waals surface area contributed by atoms with Crippen LogP contribution in [-0.2, 0) is 16.1 Å². The van der Waals surface area contributed by atoms with Crippen LogP contribution in [0.1, 0.15) is 87.6 Å². The van der Waals surface area contributed by atoms with E-state index >= 15 is 0 Å². The third kappa shape index (κ3) is 3.87. The van der Waals surface area contributed by atoms with Crippen LogP contribution in [-0.4, -0.2) is 50.4 Å². The molecule has 5 rings (SSSR count). The molecule has 4 aliphatic carbocycles. The Balaban J connectivity index is 0.00000289. The van der Waals surface area contributed by atoms with Gasteiger partial charge in [0.1, 0.15) is 12.4 Å². The van der Waals surface area contributed by atoms with Crippen molar-refractivity contribution >= 4 is 5.78 Å². The number of tetrazole rings is 1. The zero-order valence-corrected chi connectivity index (χ0v) is 20.0. The molecule has 4 saturated carbocycles. The Morgan fingerprint density at radius 1 is 1.18 bits per heavy atom. The highest BCUT2D eigenvalue weighted by atomic mass is 16.5. The van der Waals surface area contributed by atoms with E-state index in [0.29, 0.717) is 36.9 Å². The van der Waals surface area contributed by atoms with Crippen molar-refractivity contribution in [2.24, 2.45) is 40.4 Å². The van der Waals surface area contributed by atoms with E-state index in [1.54, 1.807) is 4.68 Å². The number of fused-ring (bicyclic) bond motifs is 5. The van der Waals surface area contributed by atoms with Gasteiger partial charge in [0, 0.05) is 13.0 Å². The number of hydrogen-bond acceptors (Lipinski definition) is 6. The van der Waals surface area contributed by atoms with Crippen molar-refractivity contribution in [1.82, 2.24) is 20.2 Å². The zero-order valence-electron chi connectivity index (χ0n) is 22.0. The number of rotatable bonds is 5. The molecule has 0 aliphatic heterocycles. The quantitative estimate of drug-likeness (QED) is 0.704. The first-order chi connectivity index (χ1) is 16.0. The van der Waals surface area contributed by atoms with Crippen LogP contribution in [0.15, 0.2) is 0 Å². The van der Waals surface area contributed by atoms with E-state index in [1.807, 2.05) is 13.8 Å². The molecular formula is C26H44N4O3. The van der Waals surface area contributed by atoms with E-state index in [4.69, 9.17) is 7.48 Å². The number of aromatic nitrogens is 4. The Kier molecular flexibility index (Phi) is 5.84. The maximum Gasteiger partial charge on any atom is 0.158 e. The van der Waals surface area contributed by atoms with Crippen molar-refractivity contribution in [2.75, 3.05) is 13.7 Å². The maximum atomic E-state index is 13.4. The van der Waals surface area contributed by atoms with Crippen molar-refractivity contribution in [1.29, 1.82) is 0 Å². The predicted octanol–water partition coefficient (Wildman–Crippen LogP) is 4.22. The molecule has 33 heavy (non-hydrogen) atoms. The van der Waals surface area contributed by atoms with E-state index in [-0.39, 0.29) is 42.9 Å². The molecule has 0 aromatic carbocycles. The maximum absolute atomic E-state index is 13.4. The summed E-state index contributed by atoms with van der Waals surface area (Å²) < 4.78 is 25.2. The fraction of sp³-hybridized carbons (Fsp3) is 0.923. The highest BCUT2D eigenvalue weighted by Gasteiger charge is 2.63. The number of ketones is 1. The lowest BCUT2D eigenvalue weighted by Crippen LogP contribution is -2.58. The average Bonchev–Trinajstić information content (AvgIpc) is 3.34. The van der Waals surface area contributed by atoms with E-state index in [1.165, 1.54) is 7.11 Å². The molecule has 0 spiro atoms. The first-order valence-electron chi connectivity index (χ1n) is 13.5. The van der Waals surface area contributed by atoms with Crippen LogP contribution in [0, 0.1) is 47.3 Å². The van der Waals surface area contributed by atoms with Gasteiger partial charge in [-0.3, -0.25) is 4.79 Å². The van der Waals surface area contributed by atoms with Crippen molar-refractivity contribution in [3.05, 3.63) is 5.82 Å². The molecule has 0 bridgehead atoms. The lowest BCUT2D eigenvalue weighted by Gasteiger charge is -2.62. The Morgan fingerprint density at radius 2 is 1.97 bits per heavy atom. The van der Waals surface area contributed by atoms with Crippen molar-refractivity contribution in [2.45, 2.75) is 98.1 Å². The Morgan fingerprint density at radius 3 is 2.67 bits per heavy atom. The summed E-state index contributed by atoms with van der Waals surface area (Å²) in [6.07, 6.45) is 7.69. The second-order valence-corrected chi connectivity index (χ2v) is 11.7. The van der Waals surface area contributed by atoms with Crippen LogP contribution in [0.3, 0.4) is 0 Å². The molecule has 4 fully saturated rings. The van der Waals surface area contributed by atoms with E-state index in [2.05, 4.69) is 22.4 Å². The summed E-state index contributed by atoms with van der Waals surface area (Å²) in [6.45, 7) is 4.54. The summed E-state index contributed by atoms with van der Waals surface area (Å²) >= 11 is 0. The first-order valence-corrected chi connectivity index (χ1v) is 12.5. The highest BCUT2D eigenvalue weighted by Crippen LogP contribution is 2.68. The molecule has 1 N–H and O–H groups in total. The molecule has 0 unspecified atom stereocenters. The molecule has 7 nitrogen and oxygen atoms in total. The monoisotopic (exact) mass is 462 g/mol. The molecule has 7 heteroatoms. The minimum absolute atomic E-state index is 0. The largest absolute Gasteiger partial charge is 0.390 e. The smallest absolute Gasteiger partial charge is 0.158 e. The number of hydrogen-bond donors (Lipinski definition) is 1. The summed E-state index contributed by atoms with van der Waals surface area (Å²) in [4.78, 5) is 13.4. The third-order valence-electron chi connectivity index (χ3n) is 10.1. The molecule has 8 atom stereocenters. The van der Waals surface area contributed by atoms with Gasteiger partial charge in [0.15, 0.2) is 5.78 Å². The Labute approximate surface area is 201 Å². The van der Waals surface area contributed by atoms with Crippen molar-refractivity contribution < 1.29 is 17.4 Å². The van der Waals surface area contributed by atoms with Crippen LogP contribution in [0.2, 0.25) is 0 Å². The van der Waals surface area contributed by atoms with Crippen molar-refractivity contribution in [3.63, 3.8) is 0 Å². The van der Waals surface area contributed by atoms with Crippen molar-refractivity contribution in [3.8, 4) is 0 Å². The van der Waals surface area contributed by atoms with Gasteiger partial charge in [-0.1, -0.05) is 14.4 Å². The highest BCUT2D eigenvalue weighted by molar-refractivity contribution is 5.82. The van der Waals surface area contributed by atoms with Gasteiger partial charge < -0.3 is 9.84 Å². The number of carbonyl (C=O) groups excluding carboxylic acids is 1. The summed E-state index contributed by atoms with van der Waals surface area (Å²) in [6, 6.07) is 0. The molecule has 1 aromatic heterocycles. The number of methoxy groups -OCH3 is 1. The van der Waals surface area contributed by atoms with Crippen LogP contribution < -0.4 is 0 Å². The molecule has 0 amide bonds. The molecule has 1 aromatic rings. The van der Waals surface area contributed by atoms with Gasteiger partial charge >= 0.3 is 0 Å². The molecule has 0 saturated heterocycles. The second kappa shape index (κ2) is 8.71. The topological polar surface area (TPSA) is 90.1 Å². The Bertz CT molecular complexity index is 953. The van der Waals surface area contributed by atoms with Gasteiger partial charge in [0.25, 0.3) is 0 Å². The number of ether oxygens (including phenoxy) is 1. The summed E-state index contributed by atoms with van der Waals surface area (Å²) in [5.41, 5.74) is -1.36.